The maximum atomic E-state index is 12.5. The van der Waals surface area contributed by atoms with Gasteiger partial charge in [0.05, 0.1) is 0 Å². The number of hydrogen-bond donors (Lipinski definition) is 2. The van der Waals surface area contributed by atoms with E-state index in [1.807, 2.05) is 91.0 Å². The molecule has 0 radical (unpaired) electrons. The van der Waals surface area contributed by atoms with Gasteiger partial charge in [-0.05, 0) is 12.1 Å². The number of aliphatic carboxylic acids is 1. The zero-order valence-electron chi connectivity index (χ0n) is 20.5. The number of nitrogens with one attached hydrogen (secondary N) is 1. The Morgan fingerprint density at radius 3 is 1.67 bits per heavy atom. The molecule has 1 amide bonds. The number of benzene rings is 4. The number of carboxylic acids is 1. The van der Waals surface area contributed by atoms with Crippen LogP contribution >= 0.6 is 11.5 Å². The number of oxime groups is 1. The number of anilines is 1. The molecule has 2 N–H and O–H groups in total. The van der Waals surface area contributed by atoms with Crippen molar-refractivity contribution in [2.75, 3.05) is 5.32 Å². The molecule has 0 unspecified atom stereocenters. The second-order valence-electron chi connectivity index (χ2n) is 8.36. The van der Waals surface area contributed by atoms with Crippen LogP contribution in [0.4, 0.5) is 5.13 Å². The molecule has 5 aromatic rings. The smallest absolute Gasteiger partial charge is 0.362 e. The average molecular weight is 535 g/mol. The number of nitrogens with zero attached hydrogens (tertiary/aromatic N) is 3. The van der Waals surface area contributed by atoms with Crippen LogP contribution in [0.15, 0.2) is 126 Å². The van der Waals surface area contributed by atoms with Gasteiger partial charge in [0.1, 0.15) is 0 Å². The molecule has 0 bridgehead atoms. The molecular formula is C30H22N4O4S. The normalized spacial score (nSPS) is 11.5. The largest absolute Gasteiger partial charge is 0.476 e. The second-order valence-corrected chi connectivity index (χ2v) is 9.11. The Morgan fingerprint density at radius 1 is 0.744 bits per heavy atom. The molecular weight excluding hydrogens is 512 g/mol. The van der Waals surface area contributed by atoms with Gasteiger partial charge in [0.25, 0.3) is 5.91 Å². The van der Waals surface area contributed by atoms with Crippen LogP contribution in [0.1, 0.15) is 32.9 Å². The highest BCUT2D eigenvalue weighted by Crippen LogP contribution is 2.40. The van der Waals surface area contributed by atoms with Gasteiger partial charge in [-0.1, -0.05) is 114 Å². The van der Waals surface area contributed by atoms with Gasteiger partial charge in [0.2, 0.25) is 22.3 Å². The van der Waals surface area contributed by atoms with Crippen molar-refractivity contribution in [2.45, 2.75) is 5.60 Å². The van der Waals surface area contributed by atoms with Crippen molar-refractivity contribution < 1.29 is 19.5 Å². The van der Waals surface area contributed by atoms with E-state index < -0.39 is 17.3 Å². The van der Waals surface area contributed by atoms with Crippen molar-refractivity contribution in [2.24, 2.45) is 5.16 Å². The molecule has 9 heteroatoms. The fraction of sp³-hybridized carbons (Fsp3) is 0.0333. The first-order valence-electron chi connectivity index (χ1n) is 11.9. The van der Waals surface area contributed by atoms with E-state index in [0.717, 1.165) is 28.2 Å². The summed E-state index contributed by atoms with van der Waals surface area (Å²) in [6.07, 6.45) is 0. The van der Waals surface area contributed by atoms with E-state index in [1.165, 1.54) is 0 Å². The Balaban J connectivity index is 1.55. The fourth-order valence-electron chi connectivity index (χ4n) is 4.10. The topological polar surface area (TPSA) is 114 Å². The van der Waals surface area contributed by atoms with Gasteiger partial charge in [-0.3, -0.25) is 10.1 Å². The monoisotopic (exact) mass is 534 g/mol. The number of amides is 1. The molecule has 0 aliphatic carbocycles. The number of rotatable bonds is 9. The zero-order chi connectivity index (χ0) is 27.1. The number of aromatic nitrogens is 2. The molecule has 5 rings (SSSR count). The van der Waals surface area contributed by atoms with Crippen LogP contribution in [0.2, 0.25) is 0 Å². The number of carboxylic acid groups (broad SMARTS) is 1. The molecule has 192 valence electrons. The molecule has 4 aromatic carbocycles. The summed E-state index contributed by atoms with van der Waals surface area (Å²) in [6, 6.07) is 36.9. The predicted octanol–water partition coefficient (Wildman–Crippen LogP) is 5.59. The van der Waals surface area contributed by atoms with E-state index in [0.29, 0.717) is 5.56 Å². The summed E-state index contributed by atoms with van der Waals surface area (Å²) in [7, 11) is 0. The molecule has 0 saturated heterocycles. The molecule has 0 aliphatic rings. The molecule has 39 heavy (non-hydrogen) atoms. The Labute approximate surface area is 228 Å². The van der Waals surface area contributed by atoms with Crippen LogP contribution < -0.4 is 5.32 Å². The maximum absolute atomic E-state index is 12.5. The van der Waals surface area contributed by atoms with Crippen LogP contribution in [0.3, 0.4) is 0 Å². The minimum atomic E-state index is -1.38. The van der Waals surface area contributed by atoms with Gasteiger partial charge in [-0.2, -0.15) is 9.36 Å². The van der Waals surface area contributed by atoms with Crippen molar-refractivity contribution >= 4 is 34.3 Å². The van der Waals surface area contributed by atoms with E-state index >= 15 is 0 Å². The number of carbonyl (C=O) groups excluding carboxylic acids is 1. The van der Waals surface area contributed by atoms with E-state index in [4.69, 9.17) is 4.84 Å². The summed E-state index contributed by atoms with van der Waals surface area (Å²) in [5, 5.41) is 16.9. The van der Waals surface area contributed by atoms with Crippen LogP contribution in [0, 0.1) is 0 Å². The maximum Gasteiger partial charge on any atom is 0.362 e. The van der Waals surface area contributed by atoms with Crippen LogP contribution in [0.25, 0.3) is 0 Å². The first-order chi connectivity index (χ1) is 19.1. The summed E-state index contributed by atoms with van der Waals surface area (Å²) in [5.41, 5.74) is 0.903. The summed E-state index contributed by atoms with van der Waals surface area (Å²) < 4.78 is 4.13. The van der Waals surface area contributed by atoms with Gasteiger partial charge < -0.3 is 9.94 Å². The highest BCUT2D eigenvalue weighted by atomic mass is 32.1. The van der Waals surface area contributed by atoms with Crippen molar-refractivity contribution in [3.8, 4) is 0 Å². The second kappa shape index (κ2) is 11.5. The van der Waals surface area contributed by atoms with Gasteiger partial charge in [-0.25, -0.2) is 4.79 Å². The van der Waals surface area contributed by atoms with Crippen molar-refractivity contribution in [3.05, 3.63) is 149 Å². The van der Waals surface area contributed by atoms with Crippen LogP contribution in [0.5, 0.6) is 0 Å². The number of hydrogen-bond acceptors (Lipinski definition) is 7. The first-order valence-corrected chi connectivity index (χ1v) is 12.7. The lowest BCUT2D eigenvalue weighted by Gasteiger charge is -2.33. The van der Waals surface area contributed by atoms with Gasteiger partial charge >= 0.3 is 5.97 Å². The fourth-order valence-corrected chi connectivity index (χ4v) is 4.66. The Kier molecular flexibility index (Phi) is 7.51. The average Bonchev–Trinajstić information content (AvgIpc) is 3.45. The molecule has 1 aromatic heterocycles. The SMILES string of the molecule is O=C(O)/C(=N\OC(c1ccccc1)(c1ccccc1)c1ccccc1)c1nsc(NC(=O)c2ccccc2)n1. The highest BCUT2D eigenvalue weighted by Gasteiger charge is 2.40. The van der Waals surface area contributed by atoms with Gasteiger partial charge in [-0.15, -0.1) is 0 Å². The molecule has 8 nitrogen and oxygen atoms in total. The van der Waals surface area contributed by atoms with E-state index in [2.05, 4.69) is 19.8 Å². The lowest BCUT2D eigenvalue weighted by atomic mass is 9.80. The van der Waals surface area contributed by atoms with Crippen molar-refractivity contribution in [1.82, 2.24) is 9.36 Å². The van der Waals surface area contributed by atoms with Crippen LogP contribution in [-0.4, -0.2) is 32.1 Å². The van der Waals surface area contributed by atoms with Crippen LogP contribution in [-0.2, 0) is 15.2 Å². The van der Waals surface area contributed by atoms with Gasteiger partial charge in [0.15, 0.2) is 0 Å². The Hall–Kier alpha value is -5.15. The third kappa shape index (κ3) is 5.43. The molecule has 0 spiro atoms. The molecule has 0 aliphatic heterocycles. The Bertz CT molecular complexity index is 1490. The third-order valence-corrected chi connectivity index (χ3v) is 6.54. The molecule has 0 fully saturated rings. The van der Waals surface area contributed by atoms with Crippen molar-refractivity contribution in [1.29, 1.82) is 0 Å². The summed E-state index contributed by atoms with van der Waals surface area (Å²) in [6.45, 7) is 0. The molecule has 0 saturated carbocycles. The quantitative estimate of drug-likeness (QED) is 0.145. The highest BCUT2D eigenvalue weighted by molar-refractivity contribution is 7.10. The summed E-state index contributed by atoms with van der Waals surface area (Å²) >= 11 is 0.848. The lowest BCUT2D eigenvalue weighted by molar-refractivity contribution is -0.129. The van der Waals surface area contributed by atoms with E-state index in [9.17, 15) is 14.7 Å². The standard InChI is InChI=1S/C30H22N4O4S/c35-27(21-13-5-1-6-14-21)32-29-31-26(34-39-29)25(28(36)37)33-38-30(22-15-7-2-8-16-22,23-17-9-3-10-18-23)24-19-11-4-12-20-24/h1-20H,(H,36,37)(H,31,32,34,35)/b33-25-. The minimum Gasteiger partial charge on any atom is -0.476 e. The molecule has 0 atom stereocenters. The summed E-state index contributed by atoms with van der Waals surface area (Å²) in [4.78, 5) is 35.3. The first kappa shape index (κ1) is 25.5. The van der Waals surface area contributed by atoms with E-state index in [1.54, 1.807) is 30.3 Å². The summed E-state index contributed by atoms with van der Waals surface area (Å²) in [5.74, 6) is -1.95. The zero-order valence-corrected chi connectivity index (χ0v) is 21.3. The Morgan fingerprint density at radius 2 is 1.21 bits per heavy atom. The van der Waals surface area contributed by atoms with Gasteiger partial charge in [0, 0.05) is 33.8 Å². The number of carbonyl (C=O) groups is 2. The third-order valence-electron chi connectivity index (χ3n) is 5.91. The van der Waals surface area contributed by atoms with Crippen molar-refractivity contribution in [3.63, 3.8) is 0 Å². The van der Waals surface area contributed by atoms with E-state index in [-0.39, 0.29) is 16.9 Å². The predicted molar refractivity (Wildman–Crippen MR) is 149 cm³/mol. The molecule has 1 heterocycles. The minimum absolute atomic E-state index is 0.133. The lowest BCUT2D eigenvalue weighted by Crippen LogP contribution is -2.32.